The van der Waals surface area contributed by atoms with Crippen LogP contribution in [0.4, 0.5) is 0 Å². The van der Waals surface area contributed by atoms with Gasteiger partial charge in [-0.3, -0.25) is 4.98 Å². The van der Waals surface area contributed by atoms with Crippen LogP contribution < -0.4 is 15.2 Å². The Hall–Kier alpha value is -3.40. The van der Waals surface area contributed by atoms with E-state index in [1.54, 1.807) is 31.6 Å². The van der Waals surface area contributed by atoms with Gasteiger partial charge in [-0.1, -0.05) is 42.5 Å². The van der Waals surface area contributed by atoms with E-state index in [-0.39, 0.29) is 5.92 Å². The van der Waals surface area contributed by atoms with Crippen molar-refractivity contribution < 1.29 is 14.6 Å². The van der Waals surface area contributed by atoms with Crippen molar-refractivity contribution in [3.05, 3.63) is 89.2 Å². The van der Waals surface area contributed by atoms with E-state index in [4.69, 9.17) is 9.47 Å². The molecule has 158 valence electrons. The highest BCUT2D eigenvalue weighted by Crippen LogP contribution is 2.67. The lowest BCUT2D eigenvalue weighted by atomic mass is 9.71. The molecule has 5 rings (SSSR count). The van der Waals surface area contributed by atoms with Gasteiger partial charge in [0.15, 0.2) is 5.60 Å². The minimum Gasteiger partial charge on any atom is -0.495 e. The number of aliphatic hydroxyl groups is 1. The number of rotatable bonds is 3. The summed E-state index contributed by atoms with van der Waals surface area (Å²) in [4.78, 5) is 4.23. The second kappa shape index (κ2) is 8.03. The van der Waals surface area contributed by atoms with E-state index in [0.29, 0.717) is 29.0 Å². The average molecular weight is 415 g/mol. The lowest BCUT2D eigenvalue weighted by Gasteiger charge is -2.40. The number of aromatic nitrogens is 1. The summed E-state index contributed by atoms with van der Waals surface area (Å²) < 4.78 is 12.2. The van der Waals surface area contributed by atoms with Crippen LogP contribution in [0.1, 0.15) is 41.0 Å². The van der Waals surface area contributed by atoms with E-state index in [1.165, 1.54) is 7.05 Å². The lowest BCUT2D eigenvalue weighted by Crippen LogP contribution is -2.48. The fraction of sp³-hybridized carbons (Fsp3) is 0.280. The Labute approximate surface area is 181 Å². The van der Waals surface area contributed by atoms with Crippen LogP contribution in [0.25, 0.3) is 0 Å². The predicted molar refractivity (Wildman–Crippen MR) is 117 cm³/mol. The highest BCUT2D eigenvalue weighted by molar-refractivity contribution is 5.57. The van der Waals surface area contributed by atoms with Crippen LogP contribution >= 0.6 is 0 Å². The summed E-state index contributed by atoms with van der Waals surface area (Å²) in [5, 5.41) is 21.4. The molecule has 1 aliphatic carbocycles. The third kappa shape index (κ3) is 2.89. The molecule has 0 bridgehead atoms. The van der Waals surface area contributed by atoms with E-state index < -0.39 is 11.2 Å². The molecule has 0 radical (unpaired) electrons. The maximum atomic E-state index is 12.2. The fourth-order valence-corrected chi connectivity index (χ4v) is 5.11. The molecular formula is C25H25N3O3. The first-order valence-corrected chi connectivity index (χ1v) is 10.2. The molecule has 2 heterocycles. The number of hydrogen-bond donors (Lipinski definition) is 2. The molecule has 1 aromatic heterocycles. The molecule has 3 atom stereocenters. The molecule has 1 aliphatic heterocycles. The van der Waals surface area contributed by atoms with E-state index in [1.807, 2.05) is 30.3 Å². The largest absolute Gasteiger partial charge is 0.495 e. The van der Waals surface area contributed by atoms with Gasteiger partial charge in [-0.25, -0.2) is 0 Å². The van der Waals surface area contributed by atoms with Gasteiger partial charge < -0.3 is 20.3 Å². The van der Waals surface area contributed by atoms with Crippen LogP contribution in [-0.4, -0.2) is 24.2 Å². The molecule has 3 aromatic rings. The molecule has 0 saturated heterocycles. The first-order valence-electron chi connectivity index (χ1n) is 10.2. The Kier molecular flexibility index (Phi) is 5.40. The van der Waals surface area contributed by atoms with Gasteiger partial charge in [0.05, 0.1) is 36.7 Å². The van der Waals surface area contributed by atoms with Crippen molar-refractivity contribution in [1.82, 2.24) is 4.98 Å². The zero-order chi connectivity index (χ0) is 22.1. The van der Waals surface area contributed by atoms with Crippen molar-refractivity contribution in [2.75, 3.05) is 14.2 Å². The zero-order valence-electron chi connectivity index (χ0n) is 17.6. The number of ether oxygens (including phenoxy) is 2. The number of benzene rings is 2. The molecule has 6 heteroatoms. The van der Waals surface area contributed by atoms with E-state index in [2.05, 4.69) is 28.9 Å². The van der Waals surface area contributed by atoms with Crippen LogP contribution in [0.3, 0.4) is 0 Å². The third-order valence-corrected chi connectivity index (χ3v) is 6.33. The molecular weight excluding hydrogens is 390 g/mol. The number of hydrogen-bond acceptors (Lipinski definition) is 6. The van der Waals surface area contributed by atoms with Crippen molar-refractivity contribution in [2.45, 2.75) is 30.0 Å². The minimum absolute atomic E-state index is 0.0706. The number of fused-ring (bicyclic) bond motifs is 3. The van der Waals surface area contributed by atoms with Crippen molar-refractivity contribution in [3.8, 4) is 17.6 Å². The number of nitrogens with zero attached hydrogens (tertiary/aromatic N) is 2. The van der Waals surface area contributed by atoms with Crippen LogP contribution in [0.15, 0.2) is 67.0 Å². The van der Waals surface area contributed by atoms with Gasteiger partial charge in [-0.05, 0) is 43.1 Å². The molecule has 0 amide bonds. The SMILES string of the molecule is CN.COc1cncc2c1C1(O)CCC(c3ccccc3)C1(c1ccc(C#N)cc1)O2. The lowest BCUT2D eigenvalue weighted by molar-refractivity contribution is -0.106. The summed E-state index contributed by atoms with van der Waals surface area (Å²) >= 11 is 0. The van der Waals surface area contributed by atoms with Crippen LogP contribution in [0.2, 0.25) is 0 Å². The minimum atomic E-state index is -1.27. The second-order valence-electron chi connectivity index (χ2n) is 7.60. The summed E-state index contributed by atoms with van der Waals surface area (Å²) in [6, 6.07) is 19.6. The Balaban J connectivity index is 0.00000112. The summed E-state index contributed by atoms with van der Waals surface area (Å²) in [7, 11) is 3.08. The maximum Gasteiger partial charge on any atom is 0.174 e. The first kappa shape index (κ1) is 20.9. The van der Waals surface area contributed by atoms with Gasteiger partial charge in [-0.15, -0.1) is 0 Å². The van der Waals surface area contributed by atoms with Crippen molar-refractivity contribution in [2.24, 2.45) is 5.73 Å². The molecule has 1 fully saturated rings. The Morgan fingerprint density at radius 3 is 2.48 bits per heavy atom. The van der Waals surface area contributed by atoms with Crippen molar-refractivity contribution >= 4 is 0 Å². The molecule has 2 aromatic carbocycles. The monoisotopic (exact) mass is 415 g/mol. The average Bonchev–Trinajstić information content (AvgIpc) is 3.28. The highest BCUT2D eigenvalue weighted by Gasteiger charge is 2.69. The van der Waals surface area contributed by atoms with Gasteiger partial charge in [0.25, 0.3) is 0 Å². The zero-order valence-corrected chi connectivity index (χ0v) is 17.6. The van der Waals surface area contributed by atoms with Gasteiger partial charge in [0.2, 0.25) is 0 Å². The number of methoxy groups -OCH3 is 1. The molecule has 3 unspecified atom stereocenters. The maximum absolute atomic E-state index is 12.2. The Morgan fingerprint density at radius 2 is 1.84 bits per heavy atom. The smallest absolute Gasteiger partial charge is 0.174 e. The van der Waals surface area contributed by atoms with Crippen molar-refractivity contribution in [1.29, 1.82) is 5.26 Å². The molecule has 2 aliphatic rings. The number of nitriles is 1. The number of pyridine rings is 1. The number of nitrogens with two attached hydrogens (primary N) is 1. The third-order valence-electron chi connectivity index (χ3n) is 6.33. The highest BCUT2D eigenvalue weighted by atomic mass is 16.5. The van der Waals surface area contributed by atoms with Gasteiger partial charge in [0.1, 0.15) is 17.1 Å². The van der Waals surface area contributed by atoms with Gasteiger partial charge >= 0.3 is 0 Å². The first-order chi connectivity index (χ1) is 15.1. The summed E-state index contributed by atoms with van der Waals surface area (Å²) in [5.74, 6) is 0.991. The topological polar surface area (TPSA) is 101 Å². The predicted octanol–water partition coefficient (Wildman–Crippen LogP) is 3.59. The quantitative estimate of drug-likeness (QED) is 0.678. The molecule has 6 nitrogen and oxygen atoms in total. The van der Waals surface area contributed by atoms with E-state index in [0.717, 1.165) is 17.5 Å². The Bertz CT molecular complexity index is 1110. The van der Waals surface area contributed by atoms with Gasteiger partial charge in [0, 0.05) is 5.92 Å². The second-order valence-corrected chi connectivity index (χ2v) is 7.60. The Morgan fingerprint density at radius 1 is 1.13 bits per heavy atom. The van der Waals surface area contributed by atoms with E-state index >= 15 is 0 Å². The summed E-state index contributed by atoms with van der Waals surface area (Å²) in [6.07, 6.45) is 4.54. The van der Waals surface area contributed by atoms with Crippen molar-refractivity contribution in [3.63, 3.8) is 0 Å². The molecule has 3 N–H and O–H groups in total. The van der Waals surface area contributed by atoms with Gasteiger partial charge in [-0.2, -0.15) is 5.26 Å². The summed E-state index contributed by atoms with van der Waals surface area (Å²) in [5.41, 5.74) is 5.36. The fourth-order valence-electron chi connectivity index (χ4n) is 5.11. The van der Waals surface area contributed by atoms with Crippen LogP contribution in [0, 0.1) is 11.3 Å². The molecule has 1 saturated carbocycles. The van der Waals surface area contributed by atoms with E-state index in [9.17, 15) is 10.4 Å². The standard InChI is InChI=1S/C24H20N2O3.CH5N/c1-28-20-14-26-15-21-22(20)23(27)12-11-19(17-5-3-2-4-6-17)24(23,29-21)18-9-7-16(13-25)8-10-18;1-2/h2-10,14-15,19,27H,11-12H2,1H3;2H2,1H3. The molecule has 0 spiro atoms. The normalized spacial score (nSPS) is 25.3. The summed E-state index contributed by atoms with van der Waals surface area (Å²) in [6.45, 7) is 0. The van der Waals surface area contributed by atoms with Crippen LogP contribution in [0.5, 0.6) is 11.5 Å². The molecule has 31 heavy (non-hydrogen) atoms. The van der Waals surface area contributed by atoms with Crippen LogP contribution in [-0.2, 0) is 11.2 Å².